The van der Waals surface area contributed by atoms with E-state index in [1.807, 2.05) is 13.0 Å². The van der Waals surface area contributed by atoms with Crippen molar-refractivity contribution >= 4 is 29.0 Å². The minimum Gasteiger partial charge on any atom is -0.349 e. The number of hydrogen-bond acceptors (Lipinski definition) is 4. The molecule has 1 amide bonds. The van der Waals surface area contributed by atoms with E-state index >= 15 is 0 Å². The molecule has 2 N–H and O–H groups in total. The van der Waals surface area contributed by atoms with Crippen LogP contribution in [0.4, 0.5) is 0 Å². The number of H-pyrrole nitrogens is 1. The highest BCUT2D eigenvalue weighted by molar-refractivity contribution is 7.71. The molecular formula is C15H16N4O2S. The lowest BCUT2D eigenvalue weighted by molar-refractivity contribution is 0.0941. The summed E-state index contributed by atoms with van der Waals surface area (Å²) in [4.78, 5) is 27.4. The highest BCUT2D eigenvalue weighted by Gasteiger charge is 2.12. The largest absolute Gasteiger partial charge is 0.349 e. The van der Waals surface area contributed by atoms with E-state index in [2.05, 4.69) is 10.3 Å². The predicted octanol–water partition coefficient (Wildman–Crippen LogP) is 2.11. The number of aromatic nitrogens is 2. The van der Waals surface area contributed by atoms with Gasteiger partial charge in [0.1, 0.15) is 0 Å². The third-order valence-corrected chi connectivity index (χ3v) is 3.66. The van der Waals surface area contributed by atoms with Crippen LogP contribution in [0.1, 0.15) is 30.6 Å². The van der Waals surface area contributed by atoms with Crippen LogP contribution in [0.25, 0.3) is 10.9 Å². The second-order valence-corrected chi connectivity index (χ2v) is 5.36. The molecule has 2 aromatic rings. The van der Waals surface area contributed by atoms with Crippen LogP contribution in [-0.4, -0.2) is 21.5 Å². The van der Waals surface area contributed by atoms with Gasteiger partial charge >= 0.3 is 0 Å². The lowest BCUT2D eigenvalue weighted by Crippen LogP contribution is -2.32. The predicted molar refractivity (Wildman–Crippen MR) is 86.2 cm³/mol. The van der Waals surface area contributed by atoms with Crippen LogP contribution in [-0.2, 0) is 6.54 Å². The Labute approximate surface area is 132 Å². The summed E-state index contributed by atoms with van der Waals surface area (Å²) in [5.74, 6) is -0.288. The normalized spacial score (nSPS) is 11.9. The maximum absolute atomic E-state index is 12.3. The van der Waals surface area contributed by atoms with Gasteiger partial charge in [-0.1, -0.05) is 0 Å². The summed E-state index contributed by atoms with van der Waals surface area (Å²) < 4.78 is 1.79. The van der Waals surface area contributed by atoms with E-state index in [4.69, 9.17) is 17.5 Å². The summed E-state index contributed by atoms with van der Waals surface area (Å²) in [5.41, 5.74) is 0.767. The molecule has 1 aromatic carbocycles. The van der Waals surface area contributed by atoms with Crippen molar-refractivity contribution in [2.24, 2.45) is 0 Å². The molecule has 22 heavy (non-hydrogen) atoms. The molecule has 0 radical (unpaired) electrons. The van der Waals surface area contributed by atoms with Gasteiger partial charge in [-0.15, -0.1) is 0 Å². The lowest BCUT2D eigenvalue weighted by atomic mass is 10.1. The SMILES string of the molecule is CCn1c(=S)[nH]c2cc(C(=O)N[C@H](C)CC#N)ccc2c1=O. The molecule has 0 spiro atoms. The summed E-state index contributed by atoms with van der Waals surface area (Å²) in [7, 11) is 0. The Morgan fingerprint density at radius 1 is 1.55 bits per heavy atom. The maximum Gasteiger partial charge on any atom is 0.262 e. The lowest BCUT2D eigenvalue weighted by Gasteiger charge is -2.11. The number of nitrogens with one attached hydrogen (secondary N) is 2. The van der Waals surface area contributed by atoms with Crippen molar-refractivity contribution in [1.29, 1.82) is 5.26 Å². The summed E-state index contributed by atoms with van der Waals surface area (Å²) in [6.07, 6.45) is 0.239. The van der Waals surface area contributed by atoms with Crippen molar-refractivity contribution in [3.8, 4) is 6.07 Å². The standard InChI is InChI=1S/C15H16N4O2S/c1-3-19-14(21)11-5-4-10(8-12(11)18-15(19)22)13(20)17-9(2)6-7-16/h4-5,8-9H,3,6H2,1-2H3,(H,17,20)(H,18,22)/t9-/m1/s1. The van der Waals surface area contributed by atoms with Gasteiger partial charge in [0, 0.05) is 18.2 Å². The molecule has 0 aliphatic carbocycles. The fourth-order valence-corrected chi connectivity index (χ4v) is 2.50. The van der Waals surface area contributed by atoms with Crippen molar-refractivity contribution in [3.05, 3.63) is 38.9 Å². The van der Waals surface area contributed by atoms with Crippen molar-refractivity contribution in [2.45, 2.75) is 32.9 Å². The summed E-state index contributed by atoms with van der Waals surface area (Å²) >= 11 is 5.15. The maximum atomic E-state index is 12.3. The van der Waals surface area contributed by atoms with E-state index in [0.29, 0.717) is 27.8 Å². The van der Waals surface area contributed by atoms with Crippen LogP contribution in [0.5, 0.6) is 0 Å². The van der Waals surface area contributed by atoms with E-state index in [1.165, 1.54) is 4.57 Å². The highest BCUT2D eigenvalue weighted by atomic mass is 32.1. The van der Waals surface area contributed by atoms with E-state index in [0.717, 1.165) is 0 Å². The fourth-order valence-electron chi connectivity index (χ4n) is 2.18. The number of aromatic amines is 1. The molecule has 0 saturated carbocycles. The first kappa shape index (κ1) is 15.9. The van der Waals surface area contributed by atoms with Gasteiger partial charge in [0.2, 0.25) is 0 Å². The summed E-state index contributed by atoms with van der Waals surface area (Å²) in [6, 6.07) is 6.57. The zero-order valence-corrected chi connectivity index (χ0v) is 13.2. The van der Waals surface area contributed by atoms with Gasteiger partial charge < -0.3 is 10.3 Å². The van der Waals surface area contributed by atoms with E-state index in [-0.39, 0.29) is 23.9 Å². The third-order valence-electron chi connectivity index (χ3n) is 3.34. The quantitative estimate of drug-likeness (QED) is 0.845. The van der Waals surface area contributed by atoms with Crippen LogP contribution in [0, 0.1) is 16.1 Å². The number of hydrogen-bond donors (Lipinski definition) is 2. The molecule has 1 aromatic heterocycles. The van der Waals surface area contributed by atoms with Gasteiger partial charge in [-0.3, -0.25) is 14.2 Å². The van der Waals surface area contributed by atoms with Crippen molar-refractivity contribution < 1.29 is 4.79 Å². The molecular weight excluding hydrogens is 300 g/mol. The Kier molecular flexibility index (Phi) is 4.73. The molecule has 2 rings (SSSR count). The summed E-state index contributed by atoms with van der Waals surface area (Å²) in [6.45, 7) is 4.09. The smallest absolute Gasteiger partial charge is 0.262 e. The number of amides is 1. The fraction of sp³-hybridized carbons (Fsp3) is 0.333. The molecule has 0 saturated heterocycles. The molecule has 1 heterocycles. The molecule has 6 nitrogen and oxygen atoms in total. The first-order chi connectivity index (χ1) is 10.5. The van der Waals surface area contributed by atoms with Crippen LogP contribution in [0.2, 0.25) is 0 Å². The minimum absolute atomic E-state index is 0.175. The number of nitrogens with zero attached hydrogens (tertiary/aromatic N) is 2. The Balaban J connectivity index is 2.44. The van der Waals surface area contributed by atoms with Crippen molar-refractivity contribution in [1.82, 2.24) is 14.9 Å². The van der Waals surface area contributed by atoms with E-state index in [9.17, 15) is 9.59 Å². The van der Waals surface area contributed by atoms with Crippen LogP contribution in [0.3, 0.4) is 0 Å². The first-order valence-corrected chi connectivity index (χ1v) is 7.33. The minimum atomic E-state index is -0.288. The Bertz CT molecular complexity index is 876. The number of carbonyl (C=O) groups excluding carboxylic acids is 1. The van der Waals surface area contributed by atoms with Crippen molar-refractivity contribution in [3.63, 3.8) is 0 Å². The van der Waals surface area contributed by atoms with E-state index < -0.39 is 0 Å². The number of nitriles is 1. The van der Waals surface area contributed by atoms with Gasteiger partial charge in [0.05, 0.1) is 23.4 Å². The molecule has 0 unspecified atom stereocenters. The van der Waals surface area contributed by atoms with Gasteiger partial charge in [0.25, 0.3) is 11.5 Å². The molecule has 114 valence electrons. The number of carbonyl (C=O) groups is 1. The number of fused-ring (bicyclic) bond motifs is 1. The van der Waals surface area contributed by atoms with Gasteiger partial charge in [0.15, 0.2) is 4.77 Å². The molecule has 0 aliphatic heterocycles. The van der Waals surface area contributed by atoms with Crippen molar-refractivity contribution in [2.75, 3.05) is 0 Å². The van der Waals surface area contributed by atoms with Gasteiger partial charge in [-0.25, -0.2) is 0 Å². The zero-order valence-electron chi connectivity index (χ0n) is 12.3. The second kappa shape index (κ2) is 6.54. The first-order valence-electron chi connectivity index (χ1n) is 6.92. The number of benzene rings is 1. The molecule has 0 aliphatic rings. The van der Waals surface area contributed by atoms with Gasteiger partial charge in [-0.2, -0.15) is 5.26 Å². The van der Waals surface area contributed by atoms with Crippen LogP contribution < -0.4 is 10.9 Å². The Hall–Kier alpha value is -2.46. The summed E-state index contributed by atoms with van der Waals surface area (Å²) in [5, 5.41) is 11.8. The Morgan fingerprint density at radius 3 is 2.91 bits per heavy atom. The number of rotatable bonds is 4. The average molecular weight is 316 g/mol. The molecule has 7 heteroatoms. The highest BCUT2D eigenvalue weighted by Crippen LogP contribution is 2.11. The van der Waals surface area contributed by atoms with Gasteiger partial charge in [-0.05, 0) is 44.3 Å². The monoisotopic (exact) mass is 316 g/mol. The zero-order chi connectivity index (χ0) is 16.3. The molecule has 1 atom stereocenters. The topological polar surface area (TPSA) is 90.7 Å². The van der Waals surface area contributed by atoms with Crippen LogP contribution >= 0.6 is 12.2 Å². The average Bonchev–Trinajstić information content (AvgIpc) is 2.47. The molecule has 0 bridgehead atoms. The third kappa shape index (κ3) is 3.07. The second-order valence-electron chi connectivity index (χ2n) is 4.98. The Morgan fingerprint density at radius 2 is 2.27 bits per heavy atom. The molecule has 0 fully saturated rings. The van der Waals surface area contributed by atoms with E-state index in [1.54, 1.807) is 25.1 Å². The van der Waals surface area contributed by atoms with Crippen LogP contribution in [0.15, 0.2) is 23.0 Å².